The molecule has 2 aromatic rings. The Morgan fingerprint density at radius 1 is 0.757 bits per heavy atom. The summed E-state index contributed by atoms with van der Waals surface area (Å²) in [6.07, 6.45) is 12.5. The van der Waals surface area contributed by atoms with Crippen LogP contribution in [0.4, 0.5) is 0 Å². The summed E-state index contributed by atoms with van der Waals surface area (Å²) < 4.78 is 12.5. The summed E-state index contributed by atoms with van der Waals surface area (Å²) in [4.78, 5) is 0. The Labute approximate surface area is 227 Å². The van der Waals surface area contributed by atoms with E-state index < -0.39 is 0 Å². The fourth-order valence-corrected chi connectivity index (χ4v) is 11.8. The molecule has 0 aromatic heterocycles. The zero-order chi connectivity index (χ0) is 26.3. The minimum Gasteiger partial charge on any atom is -0.496 e. The quantitative estimate of drug-likeness (QED) is 0.365. The molecule has 2 aromatic carbocycles. The van der Waals surface area contributed by atoms with Crippen molar-refractivity contribution in [3.05, 3.63) is 41.0 Å². The highest BCUT2D eigenvalue weighted by molar-refractivity contribution is 7.67. The summed E-state index contributed by atoms with van der Waals surface area (Å²) in [5.41, 5.74) is 9.01. The monoisotopic (exact) mass is 520 g/mol. The van der Waals surface area contributed by atoms with E-state index in [4.69, 9.17) is 9.47 Å². The number of hydrogen-bond donors (Lipinski definition) is 0. The minimum atomic E-state index is -0.354. The summed E-state index contributed by atoms with van der Waals surface area (Å²) in [6.45, 7) is 12.0. The molecule has 0 amide bonds. The highest BCUT2D eigenvalue weighted by atomic mass is 31.1. The third-order valence-corrected chi connectivity index (χ3v) is 13.3. The lowest BCUT2D eigenvalue weighted by atomic mass is 9.73. The molecule has 2 saturated carbocycles. The zero-order valence-corrected chi connectivity index (χ0v) is 25.3. The number of benzene rings is 2. The Kier molecular flexibility index (Phi) is 8.26. The molecule has 4 atom stereocenters. The van der Waals surface area contributed by atoms with Gasteiger partial charge in [0.05, 0.1) is 14.2 Å². The molecule has 2 bridgehead atoms. The van der Waals surface area contributed by atoms with E-state index in [1.54, 1.807) is 5.56 Å². The van der Waals surface area contributed by atoms with Gasteiger partial charge in [0, 0.05) is 10.9 Å². The molecule has 0 radical (unpaired) electrons. The van der Waals surface area contributed by atoms with Crippen LogP contribution >= 0.6 is 7.92 Å². The predicted octanol–water partition coefficient (Wildman–Crippen LogP) is 9.73. The molecule has 4 unspecified atom stereocenters. The average Bonchev–Trinajstić information content (AvgIpc) is 2.94. The van der Waals surface area contributed by atoms with Crippen molar-refractivity contribution in [1.29, 1.82) is 0 Å². The van der Waals surface area contributed by atoms with Crippen LogP contribution < -0.4 is 14.8 Å². The molecule has 1 heterocycles. The van der Waals surface area contributed by atoms with E-state index in [1.807, 2.05) is 14.2 Å². The van der Waals surface area contributed by atoms with Gasteiger partial charge in [0.1, 0.15) is 11.5 Å². The van der Waals surface area contributed by atoms with Crippen LogP contribution in [0, 0.1) is 5.92 Å². The molecule has 5 rings (SSSR count). The maximum atomic E-state index is 6.27. The Morgan fingerprint density at radius 3 is 2.08 bits per heavy atom. The molecule has 202 valence electrons. The first-order valence-corrected chi connectivity index (χ1v) is 16.5. The van der Waals surface area contributed by atoms with E-state index >= 15 is 0 Å². The van der Waals surface area contributed by atoms with Crippen LogP contribution in [-0.4, -0.2) is 25.5 Å². The van der Waals surface area contributed by atoms with Gasteiger partial charge in [0.15, 0.2) is 0 Å². The van der Waals surface area contributed by atoms with Crippen molar-refractivity contribution in [2.75, 3.05) is 14.2 Å². The predicted molar refractivity (Wildman–Crippen MR) is 161 cm³/mol. The Balaban J connectivity index is 1.90. The van der Waals surface area contributed by atoms with Gasteiger partial charge in [0.25, 0.3) is 0 Å². The largest absolute Gasteiger partial charge is 0.496 e. The summed E-state index contributed by atoms with van der Waals surface area (Å²) in [5, 5.41) is 1.53. The summed E-state index contributed by atoms with van der Waals surface area (Å²) >= 11 is 0. The highest BCUT2D eigenvalue weighted by Gasteiger charge is 2.42. The Morgan fingerprint density at radius 2 is 1.43 bits per heavy atom. The van der Waals surface area contributed by atoms with Crippen molar-refractivity contribution in [3.63, 3.8) is 0 Å². The van der Waals surface area contributed by atoms with Gasteiger partial charge in [-0.25, -0.2) is 0 Å². The third kappa shape index (κ3) is 4.97. The molecule has 2 aliphatic carbocycles. The molecule has 0 N–H and O–H groups in total. The topological polar surface area (TPSA) is 18.5 Å². The molecule has 1 aliphatic heterocycles. The van der Waals surface area contributed by atoms with Crippen molar-refractivity contribution in [3.8, 4) is 22.6 Å². The highest BCUT2D eigenvalue weighted by Crippen LogP contribution is 2.62. The molecule has 3 heteroatoms. The zero-order valence-electron chi connectivity index (χ0n) is 24.4. The minimum absolute atomic E-state index is 0.354. The summed E-state index contributed by atoms with van der Waals surface area (Å²) in [7, 11) is 3.41. The van der Waals surface area contributed by atoms with Gasteiger partial charge in [0.2, 0.25) is 0 Å². The van der Waals surface area contributed by atoms with E-state index in [-0.39, 0.29) is 7.92 Å². The standard InChI is InChI=1S/C34H49O2P/c1-21(2)25-19-28(22(3)4)32-29(20-25)23(5)24-12-11-15-27(18-24)37(26-13-9-8-10-14-26)34-31(36-7)17-16-30(35-6)33(32)34/h16-17,19-24,26-27H,8-15,18H2,1-7H3. The van der Waals surface area contributed by atoms with E-state index in [0.717, 1.165) is 28.7 Å². The molecular formula is C34H49O2P. The van der Waals surface area contributed by atoms with Crippen molar-refractivity contribution < 1.29 is 9.47 Å². The number of hydrogen-bond acceptors (Lipinski definition) is 2. The van der Waals surface area contributed by atoms with Gasteiger partial charge in [-0.05, 0) is 101 Å². The first-order chi connectivity index (χ1) is 17.8. The van der Waals surface area contributed by atoms with Crippen LogP contribution in [-0.2, 0) is 0 Å². The maximum Gasteiger partial charge on any atom is 0.127 e. The van der Waals surface area contributed by atoms with Crippen LogP contribution in [0.5, 0.6) is 11.5 Å². The fraction of sp³-hybridized carbons (Fsp3) is 0.647. The lowest BCUT2D eigenvalue weighted by Crippen LogP contribution is -2.30. The van der Waals surface area contributed by atoms with Gasteiger partial charge < -0.3 is 9.47 Å². The molecule has 0 saturated heterocycles. The second kappa shape index (κ2) is 11.3. The van der Waals surface area contributed by atoms with Gasteiger partial charge in [-0.2, -0.15) is 0 Å². The fourth-order valence-electron chi connectivity index (χ4n) is 7.72. The second-order valence-electron chi connectivity index (χ2n) is 12.6. The Bertz CT molecular complexity index is 1100. The van der Waals surface area contributed by atoms with Crippen LogP contribution in [0.3, 0.4) is 0 Å². The SMILES string of the molecule is COc1ccc(OC)c2c1-c1c(C(C)C)cc(C(C)C)cc1C(C)C1CCCC(C1)P2C1CCCCC1. The van der Waals surface area contributed by atoms with Gasteiger partial charge in [-0.1, -0.05) is 80.4 Å². The number of ether oxygens (including phenoxy) is 2. The van der Waals surface area contributed by atoms with E-state index in [2.05, 4.69) is 58.9 Å². The summed E-state index contributed by atoms with van der Waals surface area (Å²) in [5.74, 6) is 4.44. The van der Waals surface area contributed by atoms with Gasteiger partial charge in [-0.15, -0.1) is 0 Å². The van der Waals surface area contributed by atoms with Crippen molar-refractivity contribution >= 4 is 13.2 Å². The van der Waals surface area contributed by atoms with Crippen LogP contribution in [0.25, 0.3) is 11.1 Å². The smallest absolute Gasteiger partial charge is 0.127 e. The van der Waals surface area contributed by atoms with Crippen molar-refractivity contribution in [1.82, 2.24) is 0 Å². The molecule has 2 fully saturated rings. The molecule has 0 spiro atoms. The molecule has 2 nitrogen and oxygen atoms in total. The van der Waals surface area contributed by atoms with E-state index in [9.17, 15) is 0 Å². The van der Waals surface area contributed by atoms with E-state index in [0.29, 0.717) is 17.8 Å². The van der Waals surface area contributed by atoms with Crippen molar-refractivity contribution in [2.45, 2.75) is 121 Å². The maximum absolute atomic E-state index is 6.27. The van der Waals surface area contributed by atoms with E-state index in [1.165, 1.54) is 85.3 Å². The lowest BCUT2D eigenvalue weighted by Gasteiger charge is -2.42. The van der Waals surface area contributed by atoms with Gasteiger partial charge in [-0.3, -0.25) is 0 Å². The van der Waals surface area contributed by atoms with Gasteiger partial charge >= 0.3 is 0 Å². The Hall–Kier alpha value is -1.53. The first-order valence-electron chi connectivity index (χ1n) is 15.1. The van der Waals surface area contributed by atoms with Crippen LogP contribution in [0.2, 0.25) is 0 Å². The second-order valence-corrected chi connectivity index (χ2v) is 15.4. The normalized spacial score (nSPS) is 26.2. The number of fused-ring (bicyclic) bond motifs is 5. The molecule has 3 aliphatic rings. The lowest BCUT2D eigenvalue weighted by molar-refractivity contribution is 0.320. The molecule has 37 heavy (non-hydrogen) atoms. The molecular weight excluding hydrogens is 471 g/mol. The summed E-state index contributed by atoms with van der Waals surface area (Å²) in [6, 6.07) is 9.51. The third-order valence-electron chi connectivity index (χ3n) is 9.81. The number of rotatable bonds is 5. The van der Waals surface area contributed by atoms with Crippen LogP contribution in [0.15, 0.2) is 24.3 Å². The van der Waals surface area contributed by atoms with Crippen LogP contribution in [0.1, 0.15) is 127 Å². The average molecular weight is 521 g/mol. The number of methoxy groups -OCH3 is 2. The van der Waals surface area contributed by atoms with Crippen molar-refractivity contribution in [2.24, 2.45) is 5.92 Å². The first kappa shape index (κ1) is 27.1.